The summed E-state index contributed by atoms with van der Waals surface area (Å²) in [5.74, 6) is 2.01. The van der Waals surface area contributed by atoms with Crippen LogP contribution >= 0.6 is 22.9 Å². The number of hydrogen-bond donors (Lipinski definition) is 1. The quantitative estimate of drug-likeness (QED) is 0.505. The lowest BCUT2D eigenvalue weighted by molar-refractivity contribution is 0.349. The molecule has 0 amide bonds. The molecule has 5 nitrogen and oxygen atoms in total. The van der Waals surface area contributed by atoms with E-state index < -0.39 is 0 Å². The van der Waals surface area contributed by atoms with E-state index in [1.54, 1.807) is 32.7 Å². The minimum absolute atomic E-state index is 0.633. The average molecular weight is 419 g/mol. The zero-order chi connectivity index (χ0) is 19.9. The topological polar surface area (TPSA) is 52.6 Å². The fourth-order valence-electron chi connectivity index (χ4n) is 2.86. The van der Waals surface area contributed by atoms with Gasteiger partial charge in [0.1, 0.15) is 10.8 Å². The number of thiazole rings is 1. The van der Waals surface area contributed by atoms with E-state index in [9.17, 15) is 0 Å². The van der Waals surface area contributed by atoms with Crippen LogP contribution in [0.1, 0.15) is 10.6 Å². The molecule has 0 bridgehead atoms. The van der Waals surface area contributed by atoms with E-state index >= 15 is 0 Å². The molecule has 1 N–H and O–H groups in total. The second kappa shape index (κ2) is 9.78. The summed E-state index contributed by atoms with van der Waals surface area (Å²) in [6, 6.07) is 11.7. The van der Waals surface area contributed by atoms with Crippen molar-refractivity contribution in [2.75, 3.05) is 27.9 Å². The number of methoxy groups -OCH3 is 3. The van der Waals surface area contributed by atoms with Crippen molar-refractivity contribution in [2.45, 2.75) is 13.0 Å². The highest BCUT2D eigenvalue weighted by atomic mass is 35.5. The largest absolute Gasteiger partial charge is 0.496 e. The van der Waals surface area contributed by atoms with Crippen LogP contribution in [-0.2, 0) is 13.0 Å². The Morgan fingerprint density at radius 1 is 1.00 bits per heavy atom. The molecule has 7 heteroatoms. The first-order chi connectivity index (χ1) is 13.7. The lowest BCUT2D eigenvalue weighted by Crippen LogP contribution is -2.16. The van der Waals surface area contributed by atoms with Crippen LogP contribution in [-0.4, -0.2) is 32.9 Å². The number of halogens is 1. The molecule has 0 aliphatic carbocycles. The summed E-state index contributed by atoms with van der Waals surface area (Å²) in [6.07, 6.45) is 2.74. The van der Waals surface area contributed by atoms with Crippen molar-refractivity contribution in [1.82, 2.24) is 10.3 Å². The van der Waals surface area contributed by atoms with Crippen molar-refractivity contribution in [3.63, 3.8) is 0 Å². The Hall–Kier alpha value is -2.28. The molecule has 0 saturated heterocycles. The lowest BCUT2D eigenvalue weighted by Gasteiger charge is -2.12. The molecule has 0 saturated carbocycles. The van der Waals surface area contributed by atoms with Gasteiger partial charge in [-0.25, -0.2) is 4.98 Å². The van der Waals surface area contributed by atoms with E-state index in [4.69, 9.17) is 25.8 Å². The standard InChI is InChI=1S/C21H23ClN2O3S/c1-25-17-11-19(27-3)18(26-2)10-15(17)20-12-24-21(28-20)13-23-9-8-14-6-4-5-7-16(14)22/h4-7,10-12,23H,8-9,13H2,1-3H3. The lowest BCUT2D eigenvalue weighted by atomic mass is 10.1. The number of ether oxygens (including phenoxy) is 3. The maximum Gasteiger partial charge on any atom is 0.164 e. The molecule has 148 valence electrons. The summed E-state index contributed by atoms with van der Waals surface area (Å²) in [4.78, 5) is 5.55. The van der Waals surface area contributed by atoms with Gasteiger partial charge in [-0.15, -0.1) is 11.3 Å². The third kappa shape index (κ3) is 4.76. The molecule has 28 heavy (non-hydrogen) atoms. The SMILES string of the molecule is COc1cc(OC)c(-c2cnc(CNCCc3ccccc3Cl)s2)cc1OC. The Morgan fingerprint density at radius 3 is 2.43 bits per heavy atom. The summed E-state index contributed by atoms with van der Waals surface area (Å²) in [5, 5.41) is 5.24. The number of aromatic nitrogens is 1. The monoisotopic (exact) mass is 418 g/mol. The summed E-state index contributed by atoms with van der Waals surface area (Å²) in [7, 11) is 4.87. The minimum Gasteiger partial charge on any atom is -0.496 e. The molecule has 3 aromatic rings. The molecular formula is C21H23ClN2O3S. The number of benzene rings is 2. The van der Waals surface area contributed by atoms with Gasteiger partial charge in [0.25, 0.3) is 0 Å². The minimum atomic E-state index is 0.633. The normalized spacial score (nSPS) is 10.7. The molecule has 1 aromatic heterocycles. The Kier molecular flexibility index (Phi) is 7.14. The van der Waals surface area contributed by atoms with Gasteiger partial charge < -0.3 is 19.5 Å². The van der Waals surface area contributed by atoms with Gasteiger partial charge in [0.05, 0.1) is 26.2 Å². The predicted molar refractivity (Wildman–Crippen MR) is 114 cm³/mol. The summed E-state index contributed by atoms with van der Waals surface area (Å²) < 4.78 is 16.3. The van der Waals surface area contributed by atoms with Crippen LogP contribution in [0.15, 0.2) is 42.6 Å². The predicted octanol–water partition coefficient (Wildman–Crippen LogP) is 4.82. The first-order valence-electron chi connectivity index (χ1n) is 8.85. The molecule has 0 unspecified atom stereocenters. The van der Waals surface area contributed by atoms with Gasteiger partial charge in [-0.3, -0.25) is 0 Å². The number of hydrogen-bond acceptors (Lipinski definition) is 6. The molecule has 0 aliphatic heterocycles. The summed E-state index contributed by atoms with van der Waals surface area (Å²) in [5.41, 5.74) is 2.08. The van der Waals surface area contributed by atoms with E-state index in [0.717, 1.165) is 44.7 Å². The zero-order valence-corrected chi connectivity index (χ0v) is 17.7. The van der Waals surface area contributed by atoms with Crippen LogP contribution in [0.25, 0.3) is 10.4 Å². The van der Waals surface area contributed by atoms with Crippen molar-refractivity contribution >= 4 is 22.9 Å². The van der Waals surface area contributed by atoms with Crippen LogP contribution in [0.5, 0.6) is 17.2 Å². The Bertz CT molecular complexity index is 930. The van der Waals surface area contributed by atoms with E-state index in [1.807, 2.05) is 36.5 Å². The second-order valence-electron chi connectivity index (χ2n) is 6.04. The molecule has 0 spiro atoms. The van der Waals surface area contributed by atoms with Crippen LogP contribution in [0.4, 0.5) is 0 Å². The van der Waals surface area contributed by atoms with Gasteiger partial charge in [-0.2, -0.15) is 0 Å². The smallest absolute Gasteiger partial charge is 0.164 e. The van der Waals surface area contributed by atoms with Crippen LogP contribution in [0.3, 0.4) is 0 Å². The van der Waals surface area contributed by atoms with E-state index in [2.05, 4.69) is 16.4 Å². The molecule has 2 aromatic carbocycles. The second-order valence-corrected chi connectivity index (χ2v) is 7.57. The highest BCUT2D eigenvalue weighted by Crippen LogP contribution is 2.41. The fraction of sp³-hybridized carbons (Fsp3) is 0.286. The fourth-order valence-corrected chi connectivity index (χ4v) is 4.00. The van der Waals surface area contributed by atoms with Gasteiger partial charge in [-0.1, -0.05) is 29.8 Å². The van der Waals surface area contributed by atoms with Crippen molar-refractivity contribution in [3.05, 3.63) is 58.2 Å². The van der Waals surface area contributed by atoms with Gasteiger partial charge in [0.15, 0.2) is 11.5 Å². The first kappa shape index (κ1) is 20.5. The van der Waals surface area contributed by atoms with E-state index in [-0.39, 0.29) is 0 Å². The highest BCUT2D eigenvalue weighted by Gasteiger charge is 2.15. The Morgan fingerprint density at radius 2 is 1.71 bits per heavy atom. The van der Waals surface area contributed by atoms with E-state index in [0.29, 0.717) is 18.0 Å². The Labute approximate surface area is 174 Å². The molecule has 0 fully saturated rings. The third-order valence-electron chi connectivity index (χ3n) is 4.33. The van der Waals surface area contributed by atoms with Crippen LogP contribution in [0, 0.1) is 0 Å². The number of rotatable bonds is 9. The van der Waals surface area contributed by atoms with Gasteiger partial charge >= 0.3 is 0 Å². The summed E-state index contributed by atoms with van der Waals surface area (Å²) >= 11 is 7.82. The van der Waals surface area contributed by atoms with Crippen LogP contribution < -0.4 is 19.5 Å². The molecule has 0 aliphatic rings. The highest BCUT2D eigenvalue weighted by molar-refractivity contribution is 7.15. The number of nitrogens with zero attached hydrogens (tertiary/aromatic N) is 1. The Balaban J connectivity index is 1.66. The zero-order valence-electron chi connectivity index (χ0n) is 16.1. The maximum absolute atomic E-state index is 6.20. The van der Waals surface area contributed by atoms with Crippen molar-refractivity contribution in [1.29, 1.82) is 0 Å². The molecule has 1 heterocycles. The molecule has 0 radical (unpaired) electrons. The summed E-state index contributed by atoms with van der Waals surface area (Å²) in [6.45, 7) is 1.53. The van der Waals surface area contributed by atoms with Crippen molar-refractivity contribution < 1.29 is 14.2 Å². The third-order valence-corrected chi connectivity index (χ3v) is 5.73. The number of nitrogens with one attached hydrogen (secondary N) is 1. The average Bonchev–Trinajstić information content (AvgIpc) is 3.20. The first-order valence-corrected chi connectivity index (χ1v) is 10.0. The van der Waals surface area contributed by atoms with Crippen molar-refractivity contribution in [2.24, 2.45) is 0 Å². The van der Waals surface area contributed by atoms with Gasteiger partial charge in [-0.05, 0) is 30.7 Å². The van der Waals surface area contributed by atoms with Crippen LogP contribution in [0.2, 0.25) is 5.02 Å². The van der Waals surface area contributed by atoms with Gasteiger partial charge in [0.2, 0.25) is 0 Å². The maximum atomic E-state index is 6.20. The van der Waals surface area contributed by atoms with E-state index in [1.165, 1.54) is 0 Å². The molecule has 0 atom stereocenters. The van der Waals surface area contributed by atoms with Crippen molar-refractivity contribution in [3.8, 4) is 27.7 Å². The molecular weight excluding hydrogens is 396 g/mol. The van der Waals surface area contributed by atoms with Gasteiger partial charge in [0, 0.05) is 29.4 Å². The molecule has 3 rings (SSSR count).